The van der Waals surface area contributed by atoms with Crippen LogP contribution >= 0.6 is 0 Å². The van der Waals surface area contributed by atoms with E-state index in [9.17, 15) is 31.2 Å². The third-order valence-electron chi connectivity index (χ3n) is 3.29. The molecular weight excluding hydrogens is 361 g/mol. The van der Waals surface area contributed by atoms with Gasteiger partial charge < -0.3 is 5.32 Å². The van der Waals surface area contributed by atoms with E-state index < -0.39 is 44.9 Å². The number of alkyl halides is 3. The Balaban J connectivity index is 2.26. The summed E-state index contributed by atoms with van der Waals surface area (Å²) in [4.78, 5) is 22.1. The number of dihydropyridines is 1. The minimum atomic E-state index is -4.70. The molecule has 0 bridgehead atoms. The monoisotopic (exact) mass is 374 g/mol. The maximum absolute atomic E-state index is 13.0. The molecule has 134 valence electrons. The molecule has 2 rings (SSSR count). The zero-order valence-electron chi connectivity index (χ0n) is 12.6. The predicted molar refractivity (Wildman–Crippen MR) is 82.4 cm³/mol. The Morgan fingerprint density at radius 3 is 2.60 bits per heavy atom. The minimum absolute atomic E-state index is 0.0257. The van der Waals surface area contributed by atoms with E-state index in [1.54, 1.807) is 0 Å². The number of allylic oxidation sites excluding steroid dienone is 2. The number of nitrogens with one attached hydrogen (secondary N) is 2. The van der Waals surface area contributed by atoms with Crippen molar-refractivity contribution >= 4 is 22.1 Å². The van der Waals surface area contributed by atoms with Crippen molar-refractivity contribution in [3.8, 4) is 0 Å². The van der Waals surface area contributed by atoms with Crippen LogP contribution in [0.3, 0.4) is 0 Å². The van der Waals surface area contributed by atoms with E-state index >= 15 is 0 Å². The fourth-order valence-electron chi connectivity index (χ4n) is 2.23. The van der Waals surface area contributed by atoms with E-state index in [0.29, 0.717) is 0 Å². The van der Waals surface area contributed by atoms with Crippen molar-refractivity contribution < 1.29 is 31.2 Å². The van der Waals surface area contributed by atoms with Crippen LogP contribution in [0.2, 0.25) is 0 Å². The standard InChI is InChI=1S/C15H13F3N2O4S/c16-15(17,18)11-5-2-1-4-10(11)9-25(23,24)20-12-6-3-7-19-14(12)13(22)8-21/h1-8,14,19-20H,9H2. The summed E-state index contributed by atoms with van der Waals surface area (Å²) < 4.78 is 65.4. The van der Waals surface area contributed by atoms with Gasteiger partial charge in [0.1, 0.15) is 6.04 Å². The van der Waals surface area contributed by atoms with E-state index in [2.05, 4.69) is 10.0 Å². The molecule has 0 fully saturated rings. The number of benzene rings is 1. The van der Waals surface area contributed by atoms with Crippen LogP contribution in [-0.4, -0.2) is 26.5 Å². The molecule has 1 aromatic rings. The molecule has 0 radical (unpaired) electrons. The number of aldehydes is 1. The maximum Gasteiger partial charge on any atom is 0.416 e. The smallest absolute Gasteiger partial charge is 0.376 e. The average Bonchev–Trinajstić information content (AvgIpc) is 2.53. The molecule has 1 atom stereocenters. The first kappa shape index (κ1) is 18.7. The van der Waals surface area contributed by atoms with Gasteiger partial charge in [0.2, 0.25) is 15.8 Å². The van der Waals surface area contributed by atoms with Crippen LogP contribution in [0.4, 0.5) is 13.2 Å². The summed E-state index contributed by atoms with van der Waals surface area (Å²) in [7, 11) is -4.25. The molecule has 1 aliphatic heterocycles. The van der Waals surface area contributed by atoms with Crippen LogP contribution in [0.25, 0.3) is 0 Å². The lowest BCUT2D eigenvalue weighted by atomic mass is 10.1. The van der Waals surface area contributed by atoms with Crippen molar-refractivity contribution in [1.29, 1.82) is 0 Å². The molecule has 6 nitrogen and oxygen atoms in total. The Morgan fingerprint density at radius 2 is 1.96 bits per heavy atom. The summed E-state index contributed by atoms with van der Waals surface area (Å²) in [5, 5.41) is 2.51. The molecule has 25 heavy (non-hydrogen) atoms. The van der Waals surface area contributed by atoms with E-state index in [0.717, 1.165) is 18.2 Å². The van der Waals surface area contributed by atoms with Gasteiger partial charge in [0.25, 0.3) is 0 Å². The Bertz CT molecular complexity index is 845. The summed E-state index contributed by atoms with van der Waals surface area (Å²) in [6.07, 6.45) is -0.705. The van der Waals surface area contributed by atoms with Crippen molar-refractivity contribution in [1.82, 2.24) is 10.0 Å². The van der Waals surface area contributed by atoms with Crippen LogP contribution < -0.4 is 10.0 Å². The first-order chi connectivity index (χ1) is 11.6. The second kappa shape index (κ2) is 7.09. The quantitative estimate of drug-likeness (QED) is 0.578. The number of sulfonamides is 1. The van der Waals surface area contributed by atoms with Gasteiger partial charge >= 0.3 is 6.18 Å². The number of hydrogen-bond donors (Lipinski definition) is 2. The predicted octanol–water partition coefficient (Wildman–Crippen LogP) is 1.26. The van der Waals surface area contributed by atoms with Crippen molar-refractivity contribution in [3.05, 3.63) is 59.4 Å². The summed E-state index contributed by atoms with van der Waals surface area (Å²) >= 11 is 0. The molecule has 1 heterocycles. The van der Waals surface area contributed by atoms with Gasteiger partial charge in [-0.2, -0.15) is 13.2 Å². The molecule has 1 aliphatic rings. The summed E-state index contributed by atoms with van der Waals surface area (Å²) in [5.41, 5.74) is -1.64. The lowest BCUT2D eigenvalue weighted by Gasteiger charge is -2.22. The summed E-state index contributed by atoms with van der Waals surface area (Å²) in [6, 6.07) is 3.05. The third-order valence-corrected chi connectivity index (χ3v) is 4.53. The lowest BCUT2D eigenvalue weighted by molar-refractivity contribution is -0.138. The molecule has 1 aromatic carbocycles. The Hall–Kier alpha value is -2.62. The fraction of sp³-hybridized carbons (Fsp3) is 0.200. The van der Waals surface area contributed by atoms with Crippen LogP contribution in [-0.2, 0) is 31.5 Å². The molecule has 1 unspecified atom stereocenters. The van der Waals surface area contributed by atoms with E-state index in [1.165, 1.54) is 24.4 Å². The molecule has 0 amide bonds. The SMILES string of the molecule is O=CC(=O)C1NC=CC=C1NS(=O)(=O)Cc1ccccc1C(F)(F)F. The second-order valence-corrected chi connectivity index (χ2v) is 6.84. The van der Waals surface area contributed by atoms with E-state index in [-0.39, 0.29) is 12.0 Å². The Labute approximate surface area is 141 Å². The fourth-order valence-corrected chi connectivity index (χ4v) is 3.51. The van der Waals surface area contributed by atoms with Gasteiger partial charge in [-0.05, 0) is 30.0 Å². The van der Waals surface area contributed by atoms with Crippen LogP contribution in [0.1, 0.15) is 11.1 Å². The van der Waals surface area contributed by atoms with Gasteiger partial charge in [0.15, 0.2) is 6.29 Å². The molecule has 0 saturated carbocycles. The molecule has 0 spiro atoms. The zero-order chi connectivity index (χ0) is 18.7. The highest BCUT2D eigenvalue weighted by atomic mass is 32.2. The van der Waals surface area contributed by atoms with E-state index in [4.69, 9.17) is 0 Å². The number of hydrogen-bond acceptors (Lipinski definition) is 5. The van der Waals surface area contributed by atoms with Gasteiger partial charge in [-0.3, -0.25) is 14.3 Å². The van der Waals surface area contributed by atoms with E-state index in [1.807, 2.05) is 0 Å². The van der Waals surface area contributed by atoms with Crippen molar-refractivity contribution in [2.45, 2.75) is 18.0 Å². The van der Waals surface area contributed by atoms with Crippen molar-refractivity contribution in [2.75, 3.05) is 0 Å². The largest absolute Gasteiger partial charge is 0.416 e. The number of carbonyl (C=O) groups excluding carboxylic acids is 2. The maximum atomic E-state index is 13.0. The average molecular weight is 374 g/mol. The molecule has 10 heteroatoms. The van der Waals surface area contributed by atoms with Gasteiger partial charge in [-0.15, -0.1) is 0 Å². The van der Waals surface area contributed by atoms with Crippen LogP contribution in [0.15, 0.2) is 48.3 Å². The second-order valence-electron chi connectivity index (χ2n) is 5.12. The Morgan fingerprint density at radius 1 is 1.28 bits per heavy atom. The van der Waals surface area contributed by atoms with Crippen LogP contribution in [0.5, 0.6) is 0 Å². The van der Waals surface area contributed by atoms with Gasteiger partial charge in [-0.1, -0.05) is 18.2 Å². The minimum Gasteiger partial charge on any atom is -0.376 e. The molecule has 0 aliphatic carbocycles. The van der Waals surface area contributed by atoms with Gasteiger partial charge in [0, 0.05) is 0 Å². The van der Waals surface area contributed by atoms with Crippen molar-refractivity contribution in [3.63, 3.8) is 0 Å². The molecular formula is C15H13F3N2O4S. The first-order valence-electron chi connectivity index (χ1n) is 6.91. The van der Waals surface area contributed by atoms with Gasteiger partial charge in [0.05, 0.1) is 17.0 Å². The number of carbonyl (C=O) groups is 2. The number of ketones is 1. The summed E-state index contributed by atoms with van der Waals surface area (Å²) in [5.74, 6) is -1.86. The number of halogens is 3. The molecule has 0 saturated heterocycles. The van der Waals surface area contributed by atoms with Crippen LogP contribution in [0, 0.1) is 0 Å². The first-order valence-corrected chi connectivity index (χ1v) is 8.56. The van der Waals surface area contributed by atoms with Gasteiger partial charge in [-0.25, -0.2) is 8.42 Å². The van der Waals surface area contributed by atoms with Crippen molar-refractivity contribution in [2.24, 2.45) is 0 Å². The summed E-state index contributed by atoms with van der Waals surface area (Å²) in [6.45, 7) is 0. The number of Topliss-reactive ketones (excluding diaryl/α,β-unsaturated/α-hetero) is 1. The number of rotatable bonds is 6. The topological polar surface area (TPSA) is 92.3 Å². The zero-order valence-corrected chi connectivity index (χ0v) is 13.4. The Kier molecular flexibility index (Phi) is 5.31. The molecule has 2 N–H and O–H groups in total. The highest BCUT2D eigenvalue weighted by Gasteiger charge is 2.34. The lowest BCUT2D eigenvalue weighted by Crippen LogP contribution is -2.44. The third kappa shape index (κ3) is 4.69. The normalized spacial score (nSPS) is 17.4. The highest BCUT2D eigenvalue weighted by molar-refractivity contribution is 7.88. The molecule has 0 aromatic heterocycles. The highest BCUT2D eigenvalue weighted by Crippen LogP contribution is 2.32.